The number of aliphatic hydroxyl groups is 1. The van der Waals surface area contributed by atoms with Crippen molar-refractivity contribution in [3.63, 3.8) is 0 Å². The molecule has 0 aromatic rings. The Morgan fingerprint density at radius 1 is 0.392 bits per heavy atom. The Labute approximate surface area is 453 Å². The van der Waals surface area contributed by atoms with E-state index in [1.165, 1.54) is 96.3 Å². The maximum Gasteiger partial charge on any atom is 0.472 e. The fourth-order valence-corrected chi connectivity index (χ4v) is 9.09. The Morgan fingerprint density at radius 2 is 0.703 bits per heavy atom. The van der Waals surface area contributed by atoms with E-state index in [1.54, 1.807) is 0 Å². The van der Waals surface area contributed by atoms with Crippen molar-refractivity contribution in [3.8, 4) is 0 Å². The number of rotatable bonds is 56. The van der Waals surface area contributed by atoms with E-state index in [9.17, 15) is 28.9 Å². The fraction of sp³-hybridized carbons (Fsp3) is 0.790. The summed E-state index contributed by atoms with van der Waals surface area (Å²) in [6.45, 7) is 4.52. The number of phosphoric ester groups is 1. The number of hydrogen-bond donors (Lipinski definition) is 2. The summed E-state index contributed by atoms with van der Waals surface area (Å²) in [6, 6.07) is 0. The predicted octanol–water partition coefficient (Wildman–Crippen LogP) is 17.9. The molecule has 0 heterocycles. The van der Waals surface area contributed by atoms with Crippen LogP contribution in [0.15, 0.2) is 60.8 Å². The third-order valence-corrected chi connectivity index (χ3v) is 13.8. The quantitative estimate of drug-likeness (QED) is 0.0197. The van der Waals surface area contributed by atoms with E-state index in [1.807, 2.05) is 0 Å². The molecule has 0 fully saturated rings. The second-order valence-electron chi connectivity index (χ2n) is 20.1. The van der Waals surface area contributed by atoms with Gasteiger partial charge in [0.2, 0.25) is 0 Å². The monoisotopic (exact) mass is 1060 g/mol. The van der Waals surface area contributed by atoms with Crippen molar-refractivity contribution in [2.45, 2.75) is 290 Å². The molecule has 0 bridgehead atoms. The van der Waals surface area contributed by atoms with Gasteiger partial charge >= 0.3 is 25.7 Å². The van der Waals surface area contributed by atoms with Gasteiger partial charge in [0.25, 0.3) is 0 Å². The Hall–Kier alpha value is -2.82. The lowest BCUT2D eigenvalue weighted by Gasteiger charge is -2.21. The zero-order valence-electron chi connectivity index (χ0n) is 47.6. The summed E-state index contributed by atoms with van der Waals surface area (Å²) in [5.74, 6) is -1.48. The highest BCUT2D eigenvalue weighted by Crippen LogP contribution is 2.43. The van der Waals surface area contributed by atoms with Gasteiger partial charge in [0.05, 0.1) is 19.8 Å². The van der Waals surface area contributed by atoms with Crippen molar-refractivity contribution >= 4 is 25.7 Å². The molecule has 0 aliphatic heterocycles. The molecule has 0 amide bonds. The Balaban J connectivity index is 4.73. The smallest absolute Gasteiger partial charge is 0.462 e. The molecule has 2 N–H and O–H groups in total. The number of allylic oxidation sites excluding steroid dienone is 10. The van der Waals surface area contributed by atoms with E-state index < -0.39 is 57.8 Å². The zero-order chi connectivity index (χ0) is 54.1. The van der Waals surface area contributed by atoms with E-state index in [-0.39, 0.29) is 25.9 Å². The summed E-state index contributed by atoms with van der Waals surface area (Å²) in [5.41, 5.74) is 0. The molecule has 0 aromatic heterocycles. The first-order valence-electron chi connectivity index (χ1n) is 30.2. The highest BCUT2D eigenvalue weighted by molar-refractivity contribution is 7.47. The van der Waals surface area contributed by atoms with Crippen LogP contribution in [0.25, 0.3) is 0 Å². The van der Waals surface area contributed by atoms with Crippen molar-refractivity contribution in [1.82, 2.24) is 0 Å². The summed E-state index contributed by atoms with van der Waals surface area (Å²) in [5, 5.41) is 9.82. The highest BCUT2D eigenvalue weighted by Gasteiger charge is 2.28. The van der Waals surface area contributed by atoms with E-state index >= 15 is 0 Å². The first-order chi connectivity index (χ1) is 36.2. The molecule has 0 aliphatic carbocycles. The molecule has 11 nitrogen and oxygen atoms in total. The van der Waals surface area contributed by atoms with Gasteiger partial charge in [-0.15, -0.1) is 0 Å². The van der Waals surface area contributed by atoms with Crippen molar-refractivity contribution < 1.29 is 52.2 Å². The minimum absolute atomic E-state index is 0.160. The number of aliphatic hydroxyl groups excluding tert-OH is 1. The van der Waals surface area contributed by atoms with Crippen molar-refractivity contribution in [2.24, 2.45) is 0 Å². The van der Waals surface area contributed by atoms with E-state index in [4.69, 9.17) is 23.3 Å². The SMILES string of the molecule is CC/C=C\C/C=C\C/C=C\CCCCCCCCCC(=O)OCC(COP(=O)(O)OCC(CO)OC(=O)CCCCCCC/C=C\CCCCCC)OC(=O)CCCCCCCCC/C=C\CCCCCCCC. The van der Waals surface area contributed by atoms with Crippen molar-refractivity contribution in [3.05, 3.63) is 60.8 Å². The minimum atomic E-state index is -4.75. The second-order valence-corrected chi connectivity index (χ2v) is 21.6. The molecule has 0 radical (unpaired) electrons. The van der Waals surface area contributed by atoms with Crippen LogP contribution < -0.4 is 0 Å². The largest absolute Gasteiger partial charge is 0.472 e. The zero-order valence-corrected chi connectivity index (χ0v) is 48.5. The molecule has 0 aromatic carbocycles. The standard InChI is InChI=1S/C62H111O11P/c1-4-7-10-13-16-19-22-25-27-29-31-34-36-39-42-45-48-51-60(64)69-55-59(73-62(66)53-50-47-44-41-38-35-32-30-28-26-23-20-17-14-11-8-5-2)57-71-74(67,68)70-56-58(54-63)72-61(65)52-49-46-43-40-37-33-24-21-18-15-12-9-6-3/h7,10,16,19,21,24-28,58-59,63H,4-6,8-9,11-15,17-18,20,22-23,29-57H2,1-3H3,(H,67,68)/b10-7-,19-16-,24-21-,27-25-,28-26-. The van der Waals surface area contributed by atoms with Crippen LogP contribution in [0.4, 0.5) is 0 Å². The molecule has 12 heteroatoms. The molecule has 0 spiro atoms. The average molecular weight is 1060 g/mol. The maximum atomic E-state index is 12.9. The predicted molar refractivity (Wildman–Crippen MR) is 307 cm³/mol. The fourth-order valence-electron chi connectivity index (χ4n) is 8.30. The summed E-state index contributed by atoms with van der Waals surface area (Å²) in [7, 11) is -4.75. The maximum absolute atomic E-state index is 12.9. The van der Waals surface area contributed by atoms with Crippen LogP contribution in [0.3, 0.4) is 0 Å². The van der Waals surface area contributed by atoms with Crippen LogP contribution in [-0.4, -0.2) is 66.5 Å². The number of phosphoric acid groups is 1. The van der Waals surface area contributed by atoms with E-state index in [0.29, 0.717) is 19.3 Å². The Bertz CT molecular complexity index is 1470. The first kappa shape index (κ1) is 71.2. The minimum Gasteiger partial charge on any atom is -0.462 e. The van der Waals surface area contributed by atoms with Gasteiger partial charge in [-0.25, -0.2) is 4.57 Å². The summed E-state index contributed by atoms with van der Waals surface area (Å²) < 4.78 is 39.6. The molecule has 430 valence electrons. The lowest BCUT2D eigenvalue weighted by molar-refractivity contribution is -0.161. The third-order valence-electron chi connectivity index (χ3n) is 12.9. The van der Waals surface area contributed by atoms with Crippen LogP contribution in [0.2, 0.25) is 0 Å². The van der Waals surface area contributed by atoms with Gasteiger partial charge in [-0.2, -0.15) is 0 Å². The molecule has 3 unspecified atom stereocenters. The average Bonchev–Trinajstić information content (AvgIpc) is 3.39. The van der Waals surface area contributed by atoms with Gasteiger partial charge in [-0.3, -0.25) is 23.4 Å². The van der Waals surface area contributed by atoms with Crippen LogP contribution in [-0.2, 0) is 42.2 Å². The third kappa shape index (κ3) is 54.0. The Kier molecular flexibility index (Phi) is 54.2. The van der Waals surface area contributed by atoms with Crippen molar-refractivity contribution in [1.29, 1.82) is 0 Å². The van der Waals surface area contributed by atoms with Gasteiger partial charge in [0.15, 0.2) is 6.10 Å². The molecule has 0 saturated carbocycles. The van der Waals surface area contributed by atoms with Gasteiger partial charge in [0.1, 0.15) is 12.7 Å². The van der Waals surface area contributed by atoms with Gasteiger partial charge < -0.3 is 24.2 Å². The van der Waals surface area contributed by atoms with E-state index in [0.717, 1.165) is 122 Å². The number of unbranched alkanes of at least 4 members (excludes halogenated alkanes) is 29. The van der Waals surface area contributed by atoms with Crippen LogP contribution >= 0.6 is 7.82 Å². The van der Waals surface area contributed by atoms with Gasteiger partial charge in [0, 0.05) is 19.3 Å². The number of esters is 3. The molecular formula is C62H111O11P. The topological polar surface area (TPSA) is 155 Å². The molecular weight excluding hydrogens is 952 g/mol. The van der Waals surface area contributed by atoms with Gasteiger partial charge in [-0.1, -0.05) is 216 Å². The molecule has 3 atom stereocenters. The van der Waals surface area contributed by atoms with Gasteiger partial charge in [-0.05, 0) is 103 Å². The Morgan fingerprint density at radius 3 is 1.11 bits per heavy atom. The molecule has 0 rings (SSSR count). The summed E-state index contributed by atoms with van der Waals surface area (Å²) in [6.07, 6.45) is 61.7. The lowest BCUT2D eigenvalue weighted by atomic mass is 10.1. The molecule has 0 aliphatic rings. The normalized spacial score (nSPS) is 13.7. The molecule has 0 saturated heterocycles. The van der Waals surface area contributed by atoms with E-state index in [2.05, 4.69) is 81.5 Å². The second kappa shape index (κ2) is 56.4. The summed E-state index contributed by atoms with van der Waals surface area (Å²) in [4.78, 5) is 48.6. The van der Waals surface area contributed by atoms with Crippen LogP contribution in [0.5, 0.6) is 0 Å². The van der Waals surface area contributed by atoms with Crippen molar-refractivity contribution in [2.75, 3.05) is 26.4 Å². The van der Waals surface area contributed by atoms with Crippen LogP contribution in [0, 0.1) is 0 Å². The number of hydrogen-bond acceptors (Lipinski definition) is 10. The number of carbonyl (C=O) groups excluding carboxylic acids is 3. The summed E-state index contributed by atoms with van der Waals surface area (Å²) >= 11 is 0. The highest BCUT2D eigenvalue weighted by atomic mass is 31.2. The molecule has 74 heavy (non-hydrogen) atoms. The first-order valence-corrected chi connectivity index (χ1v) is 31.7. The number of ether oxygens (including phenoxy) is 3. The lowest BCUT2D eigenvalue weighted by Crippen LogP contribution is -2.30. The number of carbonyl (C=O) groups is 3. The van der Waals surface area contributed by atoms with Crippen LogP contribution in [0.1, 0.15) is 278 Å².